The quantitative estimate of drug-likeness (QED) is 0.875. The number of pyridine rings is 1. The number of urea groups is 1. The molecule has 7 heteroatoms. The molecular weight excluding hydrogens is 346 g/mol. The Morgan fingerprint density at radius 2 is 2.19 bits per heavy atom. The number of fused-ring (bicyclic) bond motifs is 1. The van der Waals surface area contributed by atoms with Gasteiger partial charge in [-0.2, -0.15) is 0 Å². The molecule has 1 aromatic carbocycles. The lowest BCUT2D eigenvalue weighted by Crippen LogP contribution is -2.43. The smallest absolute Gasteiger partial charge is 0.318 e. The fraction of sp³-hybridized carbons (Fsp3) is 0.400. The predicted molar refractivity (Wildman–Crippen MR) is 101 cm³/mol. The Labute approximate surface area is 159 Å². The van der Waals surface area contributed by atoms with Crippen LogP contribution in [0.25, 0.3) is 0 Å². The van der Waals surface area contributed by atoms with Crippen molar-refractivity contribution in [2.45, 2.75) is 19.0 Å². The van der Waals surface area contributed by atoms with Crippen LogP contribution in [0, 0.1) is 0 Å². The van der Waals surface area contributed by atoms with Gasteiger partial charge in [0.15, 0.2) is 11.5 Å². The molecule has 1 atom stereocenters. The minimum Gasteiger partial charge on any atom is -0.493 e. The molecule has 3 rings (SSSR count). The first-order chi connectivity index (χ1) is 13.2. The second kappa shape index (κ2) is 9.23. The molecule has 2 amide bonds. The van der Waals surface area contributed by atoms with Crippen molar-refractivity contribution in [1.29, 1.82) is 0 Å². The Hall–Kier alpha value is -2.80. The molecule has 0 bridgehead atoms. The summed E-state index contributed by atoms with van der Waals surface area (Å²) in [5, 5.41) is 3.04. The van der Waals surface area contributed by atoms with Gasteiger partial charge in [-0.1, -0.05) is 18.2 Å². The molecule has 27 heavy (non-hydrogen) atoms. The summed E-state index contributed by atoms with van der Waals surface area (Å²) >= 11 is 0. The first kappa shape index (κ1) is 19.0. The third-order valence-corrected chi connectivity index (χ3v) is 4.42. The summed E-state index contributed by atoms with van der Waals surface area (Å²) in [5.74, 6) is 1.39. The van der Waals surface area contributed by atoms with Crippen LogP contribution < -0.4 is 14.8 Å². The number of methoxy groups -OCH3 is 2. The van der Waals surface area contributed by atoms with E-state index in [1.165, 1.54) is 0 Å². The van der Waals surface area contributed by atoms with Crippen molar-refractivity contribution in [2.75, 3.05) is 34.0 Å². The number of nitrogens with one attached hydrogen (secondary N) is 1. The van der Waals surface area contributed by atoms with Gasteiger partial charge in [0.25, 0.3) is 0 Å². The highest BCUT2D eigenvalue weighted by Gasteiger charge is 2.23. The van der Waals surface area contributed by atoms with Gasteiger partial charge in [-0.15, -0.1) is 0 Å². The second-order valence-corrected chi connectivity index (χ2v) is 6.28. The lowest BCUT2D eigenvalue weighted by Gasteiger charge is -2.29. The highest BCUT2D eigenvalue weighted by Crippen LogP contribution is 2.33. The number of para-hydroxylation sites is 1. The maximum atomic E-state index is 12.9. The Kier molecular flexibility index (Phi) is 6.49. The Bertz CT molecular complexity index is 754. The fourth-order valence-corrected chi connectivity index (χ4v) is 3.09. The number of hydrogen-bond acceptors (Lipinski definition) is 5. The van der Waals surface area contributed by atoms with E-state index in [1.54, 1.807) is 25.3 Å². The molecule has 2 heterocycles. The molecule has 2 aromatic rings. The zero-order valence-corrected chi connectivity index (χ0v) is 15.7. The molecule has 1 aliphatic heterocycles. The van der Waals surface area contributed by atoms with Gasteiger partial charge in [0.2, 0.25) is 0 Å². The van der Waals surface area contributed by atoms with Gasteiger partial charge in [-0.25, -0.2) is 4.79 Å². The molecule has 1 aromatic heterocycles. The Morgan fingerprint density at radius 3 is 2.93 bits per heavy atom. The molecule has 0 fully saturated rings. The fourth-order valence-electron chi connectivity index (χ4n) is 3.09. The van der Waals surface area contributed by atoms with Crippen LogP contribution in [-0.4, -0.2) is 49.9 Å². The van der Waals surface area contributed by atoms with E-state index >= 15 is 0 Å². The standard InChI is InChI=1S/C20H25N3O4/c1-25-14-17(16-8-3-4-10-21-16)22-20(24)23-11-6-12-27-19-15(13-23)7-5-9-18(19)26-2/h3-5,7-10,17H,6,11-14H2,1-2H3,(H,22,24)/t17-/m1/s1. The number of nitrogens with zero attached hydrogens (tertiary/aromatic N) is 2. The monoisotopic (exact) mass is 371 g/mol. The Balaban J connectivity index is 1.77. The van der Waals surface area contributed by atoms with E-state index in [-0.39, 0.29) is 12.1 Å². The maximum absolute atomic E-state index is 12.9. The van der Waals surface area contributed by atoms with Gasteiger partial charge in [-0.3, -0.25) is 4.98 Å². The van der Waals surface area contributed by atoms with Crippen molar-refractivity contribution in [3.05, 3.63) is 53.9 Å². The zero-order chi connectivity index (χ0) is 19.1. The van der Waals surface area contributed by atoms with Gasteiger partial charge in [-0.05, 0) is 24.6 Å². The van der Waals surface area contributed by atoms with Crippen molar-refractivity contribution in [3.63, 3.8) is 0 Å². The summed E-state index contributed by atoms with van der Waals surface area (Å²) in [4.78, 5) is 19.1. The van der Waals surface area contributed by atoms with Crippen molar-refractivity contribution < 1.29 is 19.0 Å². The number of carbonyl (C=O) groups excluding carboxylic acids is 1. The minimum atomic E-state index is -0.310. The molecule has 144 valence electrons. The van der Waals surface area contributed by atoms with Crippen LogP contribution in [0.4, 0.5) is 4.79 Å². The van der Waals surface area contributed by atoms with Gasteiger partial charge in [0.1, 0.15) is 0 Å². The number of benzene rings is 1. The van der Waals surface area contributed by atoms with Crippen LogP contribution in [0.1, 0.15) is 23.7 Å². The molecule has 0 unspecified atom stereocenters. The largest absolute Gasteiger partial charge is 0.493 e. The molecule has 1 N–H and O–H groups in total. The summed E-state index contributed by atoms with van der Waals surface area (Å²) in [5.41, 5.74) is 1.69. The first-order valence-electron chi connectivity index (χ1n) is 8.97. The highest BCUT2D eigenvalue weighted by atomic mass is 16.5. The van der Waals surface area contributed by atoms with E-state index in [2.05, 4.69) is 10.3 Å². The molecule has 7 nitrogen and oxygen atoms in total. The van der Waals surface area contributed by atoms with Crippen LogP contribution in [-0.2, 0) is 11.3 Å². The highest BCUT2D eigenvalue weighted by molar-refractivity contribution is 5.75. The van der Waals surface area contributed by atoms with E-state index in [4.69, 9.17) is 14.2 Å². The van der Waals surface area contributed by atoms with Gasteiger partial charge in [0.05, 0.1) is 38.6 Å². The summed E-state index contributed by atoms with van der Waals surface area (Å²) in [6, 6.07) is 10.9. The zero-order valence-electron chi connectivity index (χ0n) is 15.7. The molecule has 1 aliphatic rings. The van der Waals surface area contributed by atoms with Crippen molar-refractivity contribution >= 4 is 6.03 Å². The van der Waals surface area contributed by atoms with E-state index in [9.17, 15) is 4.79 Å². The SMILES string of the molecule is COC[C@@H](NC(=O)N1CCCOc2c(cccc2OC)C1)c1ccccn1. The van der Waals surface area contributed by atoms with E-state index in [0.717, 1.165) is 17.7 Å². The van der Waals surface area contributed by atoms with E-state index in [0.29, 0.717) is 37.8 Å². The number of rotatable bonds is 5. The number of amides is 2. The average Bonchev–Trinajstić information content (AvgIpc) is 2.68. The normalized spacial score (nSPS) is 15.0. The summed E-state index contributed by atoms with van der Waals surface area (Å²) < 4.78 is 16.5. The van der Waals surface area contributed by atoms with Crippen LogP contribution in [0.3, 0.4) is 0 Å². The average molecular weight is 371 g/mol. The minimum absolute atomic E-state index is 0.154. The molecule has 0 aliphatic carbocycles. The number of aromatic nitrogens is 1. The van der Waals surface area contributed by atoms with Gasteiger partial charge in [0, 0.05) is 25.4 Å². The van der Waals surface area contributed by atoms with Crippen molar-refractivity contribution in [2.24, 2.45) is 0 Å². The lowest BCUT2D eigenvalue weighted by atomic mass is 10.1. The van der Waals surface area contributed by atoms with Crippen molar-refractivity contribution in [3.8, 4) is 11.5 Å². The molecular formula is C20H25N3O4. The first-order valence-corrected chi connectivity index (χ1v) is 8.97. The van der Waals surface area contributed by atoms with Crippen molar-refractivity contribution in [1.82, 2.24) is 15.2 Å². The number of hydrogen-bond donors (Lipinski definition) is 1. The summed E-state index contributed by atoms with van der Waals surface area (Å²) in [6.45, 7) is 1.92. The Morgan fingerprint density at radius 1 is 1.30 bits per heavy atom. The number of carbonyl (C=O) groups is 1. The van der Waals surface area contributed by atoms with Crippen LogP contribution in [0.2, 0.25) is 0 Å². The van der Waals surface area contributed by atoms with E-state index < -0.39 is 0 Å². The van der Waals surface area contributed by atoms with Gasteiger partial charge >= 0.3 is 6.03 Å². The van der Waals surface area contributed by atoms with Crippen LogP contribution in [0.5, 0.6) is 11.5 Å². The van der Waals surface area contributed by atoms with E-state index in [1.807, 2.05) is 36.4 Å². The number of ether oxygens (including phenoxy) is 3. The van der Waals surface area contributed by atoms with Gasteiger partial charge < -0.3 is 24.4 Å². The van der Waals surface area contributed by atoms with Crippen LogP contribution >= 0.6 is 0 Å². The molecule has 0 saturated heterocycles. The third kappa shape index (κ3) is 4.68. The predicted octanol–water partition coefficient (Wildman–Crippen LogP) is 2.77. The third-order valence-electron chi connectivity index (χ3n) is 4.42. The van der Waals surface area contributed by atoms with Crippen LogP contribution in [0.15, 0.2) is 42.6 Å². The summed E-state index contributed by atoms with van der Waals surface area (Å²) in [7, 11) is 3.22. The lowest BCUT2D eigenvalue weighted by molar-refractivity contribution is 0.148. The summed E-state index contributed by atoms with van der Waals surface area (Å²) in [6.07, 6.45) is 2.45. The topological polar surface area (TPSA) is 72.9 Å². The molecule has 0 spiro atoms. The molecule has 0 saturated carbocycles. The second-order valence-electron chi connectivity index (χ2n) is 6.28. The maximum Gasteiger partial charge on any atom is 0.318 e. The molecule has 0 radical (unpaired) electrons.